The van der Waals surface area contributed by atoms with Gasteiger partial charge in [0.05, 0.1) is 11.1 Å². The van der Waals surface area contributed by atoms with Gasteiger partial charge in [-0.2, -0.15) is 8.42 Å². The highest BCUT2D eigenvalue weighted by Crippen LogP contribution is 2.31. The van der Waals surface area contributed by atoms with Gasteiger partial charge in [-0.3, -0.25) is 4.79 Å². The summed E-state index contributed by atoms with van der Waals surface area (Å²) in [6.07, 6.45) is 4.97. The van der Waals surface area contributed by atoms with Crippen LogP contribution < -0.4 is 4.18 Å². The lowest BCUT2D eigenvalue weighted by molar-refractivity contribution is -0.140. The maximum absolute atomic E-state index is 13.0. The first-order valence-electron chi connectivity index (χ1n) is 11.0. The number of amides is 1. The second-order valence-corrected chi connectivity index (χ2v) is 10.4. The summed E-state index contributed by atoms with van der Waals surface area (Å²) in [6, 6.07) is 11.8. The van der Waals surface area contributed by atoms with Gasteiger partial charge in [-0.15, -0.1) is 0 Å². The average Bonchev–Trinajstić information content (AvgIpc) is 3.19. The Bertz CT molecular complexity index is 1060. The average molecular weight is 478 g/mol. The summed E-state index contributed by atoms with van der Waals surface area (Å²) in [5.74, 6) is 0.423. The van der Waals surface area contributed by atoms with Crippen molar-refractivity contribution in [1.29, 1.82) is 0 Å². The molecular weight excluding hydrogens is 450 g/mol. The van der Waals surface area contributed by atoms with Crippen molar-refractivity contribution < 1.29 is 22.1 Å². The van der Waals surface area contributed by atoms with Crippen LogP contribution >= 0.6 is 11.6 Å². The molecule has 1 aliphatic carbocycles. The SMILES string of the molecule is Cc1cccc(Cl)c1S(=O)(=O)Oc1cccc(CN(C[C@@H]2CCCO2)C(=O)C2CCC2)c1. The number of hydrogen-bond donors (Lipinski definition) is 0. The highest BCUT2D eigenvalue weighted by Gasteiger charge is 2.31. The molecule has 2 aliphatic rings. The molecule has 0 spiro atoms. The number of benzene rings is 2. The molecular formula is C24H28ClNO5S. The summed E-state index contributed by atoms with van der Waals surface area (Å²) in [6.45, 7) is 3.35. The molecule has 32 heavy (non-hydrogen) atoms. The third-order valence-electron chi connectivity index (χ3n) is 6.11. The number of halogens is 1. The Kier molecular flexibility index (Phi) is 7.08. The van der Waals surface area contributed by atoms with Crippen LogP contribution in [-0.2, 0) is 26.2 Å². The fraction of sp³-hybridized carbons (Fsp3) is 0.458. The van der Waals surface area contributed by atoms with Crippen LogP contribution in [0.5, 0.6) is 5.75 Å². The van der Waals surface area contributed by atoms with E-state index in [0.29, 0.717) is 18.7 Å². The summed E-state index contributed by atoms with van der Waals surface area (Å²) in [5, 5.41) is 0.120. The molecule has 0 aromatic heterocycles. The van der Waals surface area contributed by atoms with Crippen LogP contribution in [0.1, 0.15) is 43.2 Å². The minimum absolute atomic E-state index is 0.0350. The van der Waals surface area contributed by atoms with Crippen molar-refractivity contribution >= 4 is 27.6 Å². The van der Waals surface area contributed by atoms with Gasteiger partial charge in [-0.25, -0.2) is 0 Å². The Morgan fingerprint density at radius 2 is 1.94 bits per heavy atom. The molecule has 1 heterocycles. The zero-order valence-corrected chi connectivity index (χ0v) is 19.7. The largest absolute Gasteiger partial charge is 0.379 e. The fourth-order valence-corrected chi connectivity index (χ4v) is 5.91. The molecule has 2 fully saturated rings. The van der Waals surface area contributed by atoms with Crippen LogP contribution in [0, 0.1) is 12.8 Å². The molecule has 2 aromatic carbocycles. The Hall–Kier alpha value is -2.09. The van der Waals surface area contributed by atoms with E-state index in [4.69, 9.17) is 20.5 Å². The van der Waals surface area contributed by atoms with Gasteiger partial charge in [0, 0.05) is 25.6 Å². The van der Waals surface area contributed by atoms with Crippen LogP contribution in [0.3, 0.4) is 0 Å². The molecule has 4 rings (SSSR count). The van der Waals surface area contributed by atoms with E-state index in [-0.39, 0.29) is 33.6 Å². The smallest absolute Gasteiger partial charge is 0.340 e. The van der Waals surface area contributed by atoms with Crippen molar-refractivity contribution in [3.05, 3.63) is 58.6 Å². The molecule has 2 aromatic rings. The van der Waals surface area contributed by atoms with E-state index in [1.807, 2.05) is 11.0 Å². The van der Waals surface area contributed by atoms with Crippen molar-refractivity contribution in [1.82, 2.24) is 4.90 Å². The molecule has 0 radical (unpaired) electrons. The molecule has 172 valence electrons. The monoisotopic (exact) mass is 477 g/mol. The molecule has 6 nitrogen and oxygen atoms in total. The van der Waals surface area contributed by atoms with E-state index in [2.05, 4.69) is 0 Å². The van der Waals surface area contributed by atoms with Crippen LogP contribution in [0.2, 0.25) is 5.02 Å². The van der Waals surface area contributed by atoms with E-state index < -0.39 is 10.1 Å². The Morgan fingerprint density at radius 3 is 2.59 bits per heavy atom. The first-order chi connectivity index (χ1) is 15.3. The summed E-state index contributed by atoms with van der Waals surface area (Å²) >= 11 is 6.13. The summed E-state index contributed by atoms with van der Waals surface area (Å²) in [4.78, 5) is 14.8. The molecule has 1 aliphatic heterocycles. The van der Waals surface area contributed by atoms with E-state index >= 15 is 0 Å². The highest BCUT2D eigenvalue weighted by atomic mass is 35.5. The van der Waals surface area contributed by atoms with Crippen molar-refractivity contribution in [3.8, 4) is 5.75 Å². The first kappa shape index (κ1) is 23.1. The second kappa shape index (κ2) is 9.81. The zero-order valence-electron chi connectivity index (χ0n) is 18.1. The molecule has 1 saturated heterocycles. The van der Waals surface area contributed by atoms with Gasteiger partial charge >= 0.3 is 10.1 Å². The predicted octanol–water partition coefficient (Wildman–Crippen LogP) is 4.72. The summed E-state index contributed by atoms with van der Waals surface area (Å²) in [5.41, 5.74) is 1.32. The van der Waals surface area contributed by atoms with E-state index in [1.54, 1.807) is 37.3 Å². The van der Waals surface area contributed by atoms with E-state index in [0.717, 1.165) is 44.3 Å². The van der Waals surface area contributed by atoms with Crippen LogP contribution in [-0.4, -0.2) is 38.5 Å². The molecule has 1 saturated carbocycles. The van der Waals surface area contributed by atoms with E-state index in [9.17, 15) is 13.2 Å². The maximum atomic E-state index is 13.0. The molecule has 0 N–H and O–H groups in total. The van der Waals surface area contributed by atoms with Crippen molar-refractivity contribution in [2.24, 2.45) is 5.92 Å². The van der Waals surface area contributed by atoms with Gasteiger partial charge in [0.15, 0.2) is 0 Å². The second-order valence-electron chi connectivity index (χ2n) is 8.55. The predicted molar refractivity (Wildman–Crippen MR) is 122 cm³/mol. The minimum atomic E-state index is -4.10. The molecule has 0 unspecified atom stereocenters. The number of nitrogens with zero attached hydrogens (tertiary/aromatic N) is 1. The maximum Gasteiger partial charge on any atom is 0.340 e. The topological polar surface area (TPSA) is 72.9 Å². The molecule has 0 bridgehead atoms. The fourth-order valence-electron chi connectivity index (χ4n) is 4.20. The van der Waals surface area contributed by atoms with Crippen LogP contribution in [0.4, 0.5) is 0 Å². The van der Waals surface area contributed by atoms with Crippen LogP contribution in [0.25, 0.3) is 0 Å². The molecule has 1 amide bonds. The quantitative estimate of drug-likeness (QED) is 0.514. The van der Waals surface area contributed by atoms with Gasteiger partial charge < -0.3 is 13.8 Å². The lowest BCUT2D eigenvalue weighted by atomic mass is 9.84. The van der Waals surface area contributed by atoms with Crippen LogP contribution in [0.15, 0.2) is 47.4 Å². The lowest BCUT2D eigenvalue weighted by Gasteiger charge is -2.33. The minimum Gasteiger partial charge on any atom is -0.379 e. The van der Waals surface area contributed by atoms with Crippen molar-refractivity contribution in [2.75, 3.05) is 13.2 Å². The van der Waals surface area contributed by atoms with Gasteiger partial charge in [0.2, 0.25) is 5.91 Å². The molecule has 1 atom stereocenters. The van der Waals surface area contributed by atoms with Crippen molar-refractivity contribution in [3.63, 3.8) is 0 Å². The Labute approximate surface area is 194 Å². The normalized spacial score (nSPS) is 18.9. The third kappa shape index (κ3) is 5.27. The Morgan fingerprint density at radius 1 is 1.16 bits per heavy atom. The number of aryl methyl sites for hydroxylation is 1. The van der Waals surface area contributed by atoms with Crippen molar-refractivity contribution in [2.45, 2.75) is 56.6 Å². The number of carbonyl (C=O) groups excluding carboxylic acids is 1. The standard InChI is InChI=1S/C24H28ClNO5S/c1-17-6-2-12-22(25)23(17)32(28,29)31-20-10-3-7-18(14-20)15-26(16-21-11-5-13-30-21)24(27)19-8-4-9-19/h2-3,6-7,10,12,14,19,21H,4-5,8-9,11,13,15-16H2,1H3/t21-/m0/s1. The number of carbonyl (C=O) groups is 1. The lowest BCUT2D eigenvalue weighted by Crippen LogP contribution is -2.42. The van der Waals surface area contributed by atoms with E-state index in [1.165, 1.54) is 6.07 Å². The number of rotatable bonds is 8. The highest BCUT2D eigenvalue weighted by molar-refractivity contribution is 7.87. The zero-order chi connectivity index (χ0) is 22.7. The number of hydrogen-bond acceptors (Lipinski definition) is 5. The number of ether oxygens (including phenoxy) is 1. The van der Waals surface area contributed by atoms with Gasteiger partial charge in [0.1, 0.15) is 10.6 Å². The van der Waals surface area contributed by atoms with Gasteiger partial charge in [-0.1, -0.05) is 42.3 Å². The Balaban J connectivity index is 1.52. The summed E-state index contributed by atoms with van der Waals surface area (Å²) in [7, 11) is -4.10. The molecule has 8 heteroatoms. The van der Waals surface area contributed by atoms with Gasteiger partial charge in [0.25, 0.3) is 0 Å². The summed E-state index contributed by atoms with van der Waals surface area (Å²) < 4.78 is 36.9. The van der Waals surface area contributed by atoms with Gasteiger partial charge in [-0.05, 0) is 61.9 Å². The first-order valence-corrected chi connectivity index (χ1v) is 12.8. The third-order valence-corrected chi connectivity index (χ3v) is 7.99.